The van der Waals surface area contributed by atoms with Crippen LogP contribution in [0.2, 0.25) is 0 Å². The number of thiocarbonyl (C=S) groups is 1. The van der Waals surface area contributed by atoms with E-state index in [1.165, 1.54) is 0 Å². The topological polar surface area (TPSA) is 96.2 Å². The molecule has 0 spiro atoms. The lowest BCUT2D eigenvalue weighted by Gasteiger charge is -2.04. The van der Waals surface area contributed by atoms with E-state index in [-0.39, 0.29) is 11.8 Å². The van der Waals surface area contributed by atoms with Crippen LogP contribution < -0.4 is 21.7 Å². The second-order valence-electron chi connectivity index (χ2n) is 5.27. The molecule has 1 rings (SSSR count). The molecule has 2 amide bonds. The molecule has 1 fully saturated rings. The maximum absolute atomic E-state index is 11.3. The van der Waals surface area contributed by atoms with Crippen LogP contribution in [0.25, 0.3) is 0 Å². The summed E-state index contributed by atoms with van der Waals surface area (Å²) in [5.41, 5.74) is 5.01. The van der Waals surface area contributed by atoms with Crippen molar-refractivity contribution in [3.8, 4) is 0 Å². The number of carbonyl (C=O) groups is 2. The van der Waals surface area contributed by atoms with Gasteiger partial charge in [0.25, 0.3) is 0 Å². The molecular weight excluding hydrogens is 324 g/mol. The van der Waals surface area contributed by atoms with Crippen molar-refractivity contribution < 1.29 is 9.59 Å². The fraction of sp³-hybridized carbons (Fsp3) is 0.824. The summed E-state index contributed by atoms with van der Waals surface area (Å²) < 4.78 is 0. The Morgan fingerprint density at radius 2 is 1.62 bits per heavy atom. The lowest BCUT2D eigenvalue weighted by atomic mass is 10.2. The van der Waals surface area contributed by atoms with Crippen molar-refractivity contribution >= 4 is 29.1 Å². The summed E-state index contributed by atoms with van der Waals surface area (Å²) in [5, 5.41) is 9.54. The average molecular weight is 361 g/mol. The zero-order valence-electron chi connectivity index (χ0n) is 15.6. The highest BCUT2D eigenvalue weighted by molar-refractivity contribution is 7.80. The summed E-state index contributed by atoms with van der Waals surface area (Å²) in [6, 6.07) is 0. The highest BCUT2D eigenvalue weighted by atomic mass is 32.1. The molecule has 1 saturated heterocycles. The maximum Gasteiger partial charge on any atom is 0.219 e. The van der Waals surface area contributed by atoms with Gasteiger partial charge in [0, 0.05) is 32.5 Å². The van der Waals surface area contributed by atoms with E-state index in [1.54, 1.807) is 0 Å². The molecule has 1 aliphatic heterocycles. The van der Waals surface area contributed by atoms with Crippen molar-refractivity contribution in [3.05, 3.63) is 0 Å². The van der Waals surface area contributed by atoms with E-state index in [0.717, 1.165) is 56.7 Å². The van der Waals surface area contributed by atoms with Gasteiger partial charge < -0.3 is 21.7 Å². The minimum atomic E-state index is -0.247. The van der Waals surface area contributed by atoms with Crippen LogP contribution in [0.5, 0.6) is 0 Å². The van der Waals surface area contributed by atoms with Crippen molar-refractivity contribution in [2.24, 2.45) is 5.73 Å². The summed E-state index contributed by atoms with van der Waals surface area (Å²) in [7, 11) is 0. The van der Waals surface area contributed by atoms with E-state index in [1.807, 2.05) is 13.8 Å². The van der Waals surface area contributed by atoms with Gasteiger partial charge >= 0.3 is 0 Å². The average Bonchev–Trinajstić information content (AvgIpc) is 3.04. The van der Waals surface area contributed by atoms with Gasteiger partial charge in [-0.25, -0.2) is 0 Å². The van der Waals surface area contributed by atoms with Gasteiger partial charge in [-0.3, -0.25) is 9.59 Å². The van der Waals surface area contributed by atoms with E-state index in [2.05, 4.69) is 22.9 Å². The first-order chi connectivity index (χ1) is 11.6. The predicted octanol–water partition coefficient (Wildman–Crippen LogP) is 2.22. The second-order valence-corrected chi connectivity index (χ2v) is 5.67. The minimum absolute atomic E-state index is 0.142. The number of primary amides is 1. The first-order valence-corrected chi connectivity index (χ1v) is 9.53. The Bertz CT molecular complexity index is 331. The lowest BCUT2D eigenvalue weighted by Crippen LogP contribution is -2.24. The zero-order valence-corrected chi connectivity index (χ0v) is 16.4. The van der Waals surface area contributed by atoms with E-state index in [9.17, 15) is 9.59 Å². The minimum Gasteiger partial charge on any atom is -0.370 e. The molecule has 5 N–H and O–H groups in total. The molecule has 7 heteroatoms. The van der Waals surface area contributed by atoms with Crippen molar-refractivity contribution in [3.63, 3.8) is 0 Å². The summed E-state index contributed by atoms with van der Waals surface area (Å²) in [5.74, 6) is -0.105. The molecule has 142 valence electrons. The molecule has 0 bridgehead atoms. The number of nitrogens with one attached hydrogen (secondary N) is 3. The van der Waals surface area contributed by atoms with Gasteiger partial charge in [-0.15, -0.1) is 0 Å². The monoisotopic (exact) mass is 360 g/mol. The van der Waals surface area contributed by atoms with Crippen LogP contribution in [0.1, 0.15) is 72.1 Å². The molecule has 0 radical (unpaired) electrons. The Labute approximate surface area is 152 Å². The largest absolute Gasteiger partial charge is 0.370 e. The summed E-state index contributed by atoms with van der Waals surface area (Å²) >= 11 is 4.70. The molecule has 24 heavy (non-hydrogen) atoms. The quantitative estimate of drug-likeness (QED) is 0.354. The molecule has 6 nitrogen and oxygen atoms in total. The molecule has 0 atom stereocenters. The number of carbonyl (C=O) groups excluding carboxylic acids is 2. The summed E-state index contributed by atoms with van der Waals surface area (Å²) in [4.78, 5) is 21.7. The fourth-order valence-electron chi connectivity index (χ4n) is 1.87. The van der Waals surface area contributed by atoms with Crippen LogP contribution in [0.4, 0.5) is 0 Å². The maximum atomic E-state index is 11.3. The SMILES string of the molecule is CC.CCCCCC(=O)NCCCCCC(N)=O.S=C1NCCN1. The molecule has 0 unspecified atom stereocenters. The number of unbranched alkanes of at least 4 members (excludes halogenated alkanes) is 4. The normalized spacial score (nSPS) is 11.9. The van der Waals surface area contributed by atoms with Crippen LogP contribution in [0, 0.1) is 0 Å². The van der Waals surface area contributed by atoms with Crippen LogP contribution >= 0.6 is 12.2 Å². The van der Waals surface area contributed by atoms with E-state index >= 15 is 0 Å². The Hall–Kier alpha value is -1.37. The Morgan fingerprint density at radius 1 is 1.04 bits per heavy atom. The smallest absolute Gasteiger partial charge is 0.219 e. The van der Waals surface area contributed by atoms with E-state index < -0.39 is 0 Å². The van der Waals surface area contributed by atoms with Gasteiger partial charge in [0.05, 0.1) is 0 Å². The first kappa shape index (κ1) is 24.9. The number of hydrogen-bond acceptors (Lipinski definition) is 3. The van der Waals surface area contributed by atoms with Gasteiger partial charge in [-0.05, 0) is 31.5 Å². The van der Waals surface area contributed by atoms with Crippen LogP contribution in [-0.2, 0) is 9.59 Å². The fourth-order valence-corrected chi connectivity index (χ4v) is 2.07. The van der Waals surface area contributed by atoms with Crippen molar-refractivity contribution in [2.45, 2.75) is 72.1 Å². The van der Waals surface area contributed by atoms with Crippen molar-refractivity contribution in [1.82, 2.24) is 16.0 Å². The molecular formula is C17H36N4O2S. The number of amides is 2. The number of rotatable bonds is 10. The number of hydrogen-bond donors (Lipinski definition) is 4. The van der Waals surface area contributed by atoms with Crippen LogP contribution in [0.3, 0.4) is 0 Å². The highest BCUT2D eigenvalue weighted by Gasteiger charge is 2.00. The second kappa shape index (κ2) is 19.7. The molecule has 0 aromatic rings. The van der Waals surface area contributed by atoms with Crippen LogP contribution in [-0.4, -0.2) is 36.6 Å². The third-order valence-electron chi connectivity index (χ3n) is 3.13. The zero-order chi connectivity index (χ0) is 18.6. The molecule has 1 aliphatic rings. The van der Waals surface area contributed by atoms with Crippen molar-refractivity contribution in [1.29, 1.82) is 0 Å². The van der Waals surface area contributed by atoms with Gasteiger partial charge in [0.15, 0.2) is 5.11 Å². The lowest BCUT2D eigenvalue weighted by molar-refractivity contribution is -0.121. The molecule has 0 aliphatic carbocycles. The van der Waals surface area contributed by atoms with Gasteiger partial charge in [0.1, 0.15) is 0 Å². The summed E-state index contributed by atoms with van der Waals surface area (Å²) in [6.45, 7) is 8.80. The molecule has 0 saturated carbocycles. The third kappa shape index (κ3) is 20.6. The molecule has 1 heterocycles. The van der Waals surface area contributed by atoms with Gasteiger partial charge in [-0.2, -0.15) is 0 Å². The van der Waals surface area contributed by atoms with Crippen molar-refractivity contribution in [2.75, 3.05) is 19.6 Å². The third-order valence-corrected chi connectivity index (χ3v) is 3.41. The predicted molar refractivity (Wildman–Crippen MR) is 105 cm³/mol. The van der Waals surface area contributed by atoms with Gasteiger partial charge in [0.2, 0.25) is 11.8 Å². The number of nitrogens with two attached hydrogens (primary N) is 1. The standard InChI is InChI=1S/C12H24N2O2.C3H6N2S.C2H6/c1-2-3-5-9-12(16)14-10-7-4-6-8-11(13)15;6-3-4-1-2-5-3;1-2/h2-10H2,1H3,(H2,13,15)(H,14,16);1-2H2,(H2,4,5,6);1-2H3. The molecule has 0 aromatic carbocycles. The Kier molecular flexibility index (Phi) is 20.4. The Balaban J connectivity index is 0. The van der Waals surface area contributed by atoms with Crippen LogP contribution in [0.15, 0.2) is 0 Å². The summed E-state index contributed by atoms with van der Waals surface area (Å²) in [6.07, 6.45) is 7.00. The first-order valence-electron chi connectivity index (χ1n) is 9.13. The van der Waals surface area contributed by atoms with E-state index in [4.69, 9.17) is 18.0 Å². The Morgan fingerprint density at radius 3 is 2.08 bits per heavy atom. The highest BCUT2D eigenvalue weighted by Crippen LogP contribution is 2.00. The molecule has 0 aromatic heterocycles. The van der Waals surface area contributed by atoms with Gasteiger partial charge in [-0.1, -0.05) is 40.0 Å². The van der Waals surface area contributed by atoms with E-state index in [0.29, 0.717) is 19.4 Å².